The summed E-state index contributed by atoms with van der Waals surface area (Å²) in [6.45, 7) is 7.46. The molecular weight excluding hydrogens is 612 g/mol. The van der Waals surface area contributed by atoms with Crippen molar-refractivity contribution in [3.8, 4) is 0 Å². The number of rotatable bonds is 10. The first kappa shape index (κ1) is 33.0. The quantitative estimate of drug-likeness (QED) is 0.282. The number of sulfonamides is 1. The average molecular weight is 653 g/mol. The smallest absolute Gasteiger partial charge is 0.412 e. The van der Waals surface area contributed by atoms with Gasteiger partial charge in [0.05, 0.1) is 12.5 Å². The number of nitrogens with one attached hydrogen (secondary N) is 2. The van der Waals surface area contributed by atoms with Gasteiger partial charge in [0, 0.05) is 24.7 Å². The Kier molecular flexibility index (Phi) is 9.16. The minimum Gasteiger partial charge on any atom is -0.468 e. The lowest BCUT2D eigenvalue weighted by molar-refractivity contribution is -0.142. The van der Waals surface area contributed by atoms with Crippen molar-refractivity contribution in [1.82, 2.24) is 9.88 Å². The number of ether oxygens (including phenoxy) is 2. The third-order valence-corrected chi connectivity index (χ3v) is 11.0. The number of aromatic nitrogens is 1. The van der Waals surface area contributed by atoms with Gasteiger partial charge in [-0.3, -0.25) is 19.6 Å². The van der Waals surface area contributed by atoms with Gasteiger partial charge >= 0.3 is 12.1 Å². The summed E-state index contributed by atoms with van der Waals surface area (Å²) in [5.41, 5.74) is 2.75. The van der Waals surface area contributed by atoms with E-state index in [9.17, 15) is 22.8 Å². The molecule has 1 aliphatic carbocycles. The minimum atomic E-state index is -4.33. The van der Waals surface area contributed by atoms with Crippen molar-refractivity contribution >= 4 is 39.4 Å². The molecule has 1 saturated heterocycles. The highest BCUT2D eigenvalue weighted by atomic mass is 32.2. The number of carbonyl (C=O) groups is 3. The SMILES string of the molecule is COC(=O)C(C)(C)S(=O)(=O)NC(=O)C1(c2ccc(N3CCC(c4onc(C)c4NC(=O)O[C@H](C)c4ccccc4)CC3)cc2)CC1. The van der Waals surface area contributed by atoms with Crippen LogP contribution in [-0.4, -0.2) is 56.5 Å². The van der Waals surface area contributed by atoms with E-state index in [0.717, 1.165) is 49.9 Å². The standard InChI is InChI=1S/C33H40N4O8S/c1-21-27(34-31(40)44-22(2)23-9-7-6-8-10-23)28(45-35-21)24-15-19-37(20-16-24)26-13-11-25(12-14-26)33(17-18-33)29(38)36-46(41,42)32(3,4)30(39)43-5/h6-14,22,24H,15-20H2,1-5H3,(H,34,40)(H,36,38)/t22-/m1/s1. The molecule has 13 heteroatoms. The monoisotopic (exact) mass is 652 g/mol. The second kappa shape index (κ2) is 12.8. The lowest BCUT2D eigenvalue weighted by atomic mass is 9.92. The maximum Gasteiger partial charge on any atom is 0.412 e. The van der Waals surface area contributed by atoms with E-state index >= 15 is 0 Å². The maximum absolute atomic E-state index is 13.2. The highest BCUT2D eigenvalue weighted by Gasteiger charge is 2.54. The van der Waals surface area contributed by atoms with Gasteiger partial charge in [0.15, 0.2) is 10.5 Å². The number of benzene rings is 2. The van der Waals surface area contributed by atoms with Crippen LogP contribution in [0.25, 0.3) is 0 Å². The predicted molar refractivity (Wildman–Crippen MR) is 171 cm³/mol. The third-order valence-electron chi connectivity index (χ3n) is 9.08. The number of hydrogen-bond acceptors (Lipinski definition) is 10. The van der Waals surface area contributed by atoms with E-state index in [4.69, 9.17) is 9.26 Å². The van der Waals surface area contributed by atoms with Crippen LogP contribution in [-0.2, 0) is 34.5 Å². The van der Waals surface area contributed by atoms with Crippen molar-refractivity contribution in [2.24, 2.45) is 0 Å². The van der Waals surface area contributed by atoms with Gasteiger partial charge in [-0.15, -0.1) is 0 Å². The molecule has 246 valence electrons. The van der Waals surface area contributed by atoms with Crippen LogP contribution in [0.3, 0.4) is 0 Å². The van der Waals surface area contributed by atoms with Crippen LogP contribution < -0.4 is 14.9 Å². The molecule has 1 saturated carbocycles. The third kappa shape index (κ3) is 6.46. The summed E-state index contributed by atoms with van der Waals surface area (Å²) in [4.78, 5) is 40.2. The molecule has 2 aromatic carbocycles. The molecule has 2 N–H and O–H groups in total. The van der Waals surface area contributed by atoms with Crippen LogP contribution in [0.4, 0.5) is 16.2 Å². The fourth-order valence-corrected chi connectivity index (χ4v) is 6.77. The molecule has 2 fully saturated rings. The number of carbonyl (C=O) groups excluding carboxylic acids is 3. The molecule has 1 aromatic heterocycles. The minimum absolute atomic E-state index is 0.0492. The van der Waals surface area contributed by atoms with Gasteiger partial charge in [0.25, 0.3) is 10.0 Å². The normalized spacial score (nSPS) is 17.1. The number of methoxy groups -OCH3 is 1. The summed E-state index contributed by atoms with van der Waals surface area (Å²) in [5, 5.41) is 6.95. The van der Waals surface area contributed by atoms with Crippen molar-refractivity contribution in [3.05, 3.63) is 77.2 Å². The average Bonchev–Trinajstić information content (AvgIpc) is 3.79. The number of esters is 1. The number of aryl methyl sites for hydroxylation is 1. The summed E-state index contributed by atoms with van der Waals surface area (Å²) >= 11 is 0. The van der Waals surface area contributed by atoms with Gasteiger partial charge in [-0.2, -0.15) is 0 Å². The van der Waals surface area contributed by atoms with Gasteiger partial charge in [-0.1, -0.05) is 47.6 Å². The van der Waals surface area contributed by atoms with Crippen molar-refractivity contribution in [2.45, 2.75) is 75.6 Å². The van der Waals surface area contributed by atoms with E-state index in [1.807, 2.05) is 61.5 Å². The van der Waals surface area contributed by atoms with Gasteiger partial charge in [0.1, 0.15) is 17.5 Å². The molecule has 2 heterocycles. The molecule has 2 amide bonds. The molecule has 1 atom stereocenters. The summed E-state index contributed by atoms with van der Waals surface area (Å²) in [6, 6.07) is 17.1. The Morgan fingerprint density at radius 3 is 2.26 bits per heavy atom. The highest BCUT2D eigenvalue weighted by molar-refractivity contribution is 7.92. The van der Waals surface area contributed by atoms with Crippen molar-refractivity contribution < 1.29 is 36.8 Å². The van der Waals surface area contributed by atoms with Crippen LogP contribution in [0, 0.1) is 6.92 Å². The Morgan fingerprint density at radius 1 is 1.04 bits per heavy atom. The van der Waals surface area contributed by atoms with E-state index in [0.29, 0.717) is 30.0 Å². The molecule has 2 aliphatic rings. The molecule has 0 unspecified atom stereocenters. The molecule has 0 spiro atoms. The first-order valence-corrected chi connectivity index (χ1v) is 16.8. The fraction of sp³-hybridized carbons (Fsp3) is 0.455. The summed E-state index contributed by atoms with van der Waals surface area (Å²) in [7, 11) is -3.22. The van der Waals surface area contributed by atoms with Crippen molar-refractivity contribution in [3.63, 3.8) is 0 Å². The number of amides is 2. The Bertz CT molecular complexity index is 1690. The number of nitrogens with zero attached hydrogens (tertiary/aromatic N) is 2. The van der Waals surface area contributed by atoms with Crippen LogP contribution >= 0.6 is 0 Å². The number of hydrogen-bond donors (Lipinski definition) is 2. The number of anilines is 2. The molecule has 0 radical (unpaired) electrons. The zero-order chi connectivity index (χ0) is 33.3. The molecule has 0 bridgehead atoms. The molecule has 5 rings (SSSR count). The fourth-order valence-electron chi connectivity index (χ4n) is 5.77. The topological polar surface area (TPSA) is 157 Å². The van der Waals surface area contributed by atoms with Crippen LogP contribution in [0.5, 0.6) is 0 Å². The number of piperidine rings is 1. The van der Waals surface area contributed by atoms with Crippen LogP contribution in [0.1, 0.15) is 81.1 Å². The first-order valence-electron chi connectivity index (χ1n) is 15.3. The lowest BCUT2D eigenvalue weighted by Gasteiger charge is -2.33. The van der Waals surface area contributed by atoms with Gasteiger partial charge in [-0.05, 0) is 76.6 Å². The van der Waals surface area contributed by atoms with E-state index in [1.165, 1.54) is 13.8 Å². The zero-order valence-electron chi connectivity index (χ0n) is 26.7. The molecule has 46 heavy (non-hydrogen) atoms. The van der Waals surface area contributed by atoms with Crippen molar-refractivity contribution in [2.75, 3.05) is 30.4 Å². The predicted octanol–water partition coefficient (Wildman–Crippen LogP) is 5.11. The first-order chi connectivity index (χ1) is 21.8. The van der Waals surface area contributed by atoms with E-state index in [1.54, 1.807) is 6.92 Å². The summed E-state index contributed by atoms with van der Waals surface area (Å²) in [6.07, 6.45) is 1.54. The summed E-state index contributed by atoms with van der Waals surface area (Å²) < 4.78 is 41.8. The summed E-state index contributed by atoms with van der Waals surface area (Å²) in [5.74, 6) is -0.923. The molecule has 1 aliphatic heterocycles. The van der Waals surface area contributed by atoms with Crippen LogP contribution in [0.2, 0.25) is 0 Å². The molecule has 12 nitrogen and oxygen atoms in total. The lowest BCUT2D eigenvalue weighted by Crippen LogP contribution is -2.52. The Balaban J connectivity index is 1.19. The largest absolute Gasteiger partial charge is 0.468 e. The van der Waals surface area contributed by atoms with Crippen molar-refractivity contribution in [1.29, 1.82) is 0 Å². The van der Waals surface area contributed by atoms with Gasteiger partial charge < -0.3 is 18.9 Å². The second-order valence-corrected chi connectivity index (χ2v) is 14.6. The molecule has 3 aromatic rings. The molecular formula is C33H40N4O8S. The van der Waals surface area contributed by atoms with Gasteiger partial charge in [-0.25, -0.2) is 13.2 Å². The highest BCUT2D eigenvalue weighted by Crippen LogP contribution is 2.49. The van der Waals surface area contributed by atoms with Crippen LogP contribution in [0.15, 0.2) is 59.1 Å². The van der Waals surface area contributed by atoms with E-state index in [2.05, 4.69) is 24.8 Å². The zero-order valence-corrected chi connectivity index (χ0v) is 27.5. The van der Waals surface area contributed by atoms with E-state index < -0.39 is 44.3 Å². The Morgan fingerprint density at radius 2 is 1.67 bits per heavy atom. The van der Waals surface area contributed by atoms with Gasteiger partial charge in [0.2, 0.25) is 5.91 Å². The Labute approximate surface area is 268 Å². The maximum atomic E-state index is 13.2. The van der Waals surface area contributed by atoms with E-state index in [-0.39, 0.29) is 5.92 Å². The second-order valence-electron chi connectivity index (χ2n) is 12.4. The Hall–Kier alpha value is -4.39.